The van der Waals surface area contributed by atoms with E-state index in [2.05, 4.69) is 45.5 Å². The molecule has 0 saturated carbocycles. The van der Waals surface area contributed by atoms with E-state index in [1.54, 1.807) is 0 Å². The van der Waals surface area contributed by atoms with Crippen molar-refractivity contribution in [2.24, 2.45) is 4.99 Å². The van der Waals surface area contributed by atoms with Crippen LogP contribution in [0.25, 0.3) is 11.1 Å². The van der Waals surface area contributed by atoms with Crippen LogP contribution in [0.2, 0.25) is 0 Å². The van der Waals surface area contributed by atoms with E-state index < -0.39 is 5.54 Å². The maximum atomic E-state index is 14.3. The molecule has 2 N–H and O–H groups in total. The topological polar surface area (TPSA) is 80.2 Å². The highest BCUT2D eigenvalue weighted by molar-refractivity contribution is 9.10. The van der Waals surface area contributed by atoms with Crippen molar-refractivity contribution in [3.05, 3.63) is 124 Å². The molecular formula is C33H29BrN2O4. The normalized spacial score (nSPS) is 17.5. The standard InChI is InChI=1S/C33H29BrN2O4/c34-29-13-6-1-8-23(29)20-33(21-40-31(36-33)22-14-16-24(17-15-22)39-19-7-18-37)32(38)35-30-27-11-4-2-9-25(27)26-10-3-5-12-28(26)30/h1-6,8-17,30,37H,7,18-21H2,(H,35,38)/t33-/m1/s1. The third-order valence-electron chi connectivity index (χ3n) is 7.41. The zero-order valence-corrected chi connectivity index (χ0v) is 23.4. The summed E-state index contributed by atoms with van der Waals surface area (Å²) in [7, 11) is 0. The van der Waals surface area contributed by atoms with E-state index in [0.717, 1.165) is 37.9 Å². The molecule has 1 aliphatic heterocycles. The first-order valence-electron chi connectivity index (χ1n) is 13.4. The fraction of sp³-hybridized carbons (Fsp3) is 0.212. The Bertz CT molecular complexity index is 1520. The number of carbonyl (C=O) groups is 1. The fourth-order valence-electron chi connectivity index (χ4n) is 5.36. The second kappa shape index (κ2) is 11.3. The molecule has 0 saturated heterocycles. The Kier molecular flexibility index (Phi) is 7.41. The summed E-state index contributed by atoms with van der Waals surface area (Å²) in [6.45, 7) is 0.651. The van der Waals surface area contributed by atoms with Gasteiger partial charge in [0.2, 0.25) is 5.90 Å². The van der Waals surface area contributed by atoms with Crippen LogP contribution >= 0.6 is 15.9 Å². The summed E-state index contributed by atoms with van der Waals surface area (Å²) in [6, 6.07) is 31.5. The zero-order chi connectivity index (χ0) is 27.5. The first kappa shape index (κ1) is 26.3. The van der Waals surface area contributed by atoms with Crippen LogP contribution in [0.4, 0.5) is 0 Å². The SMILES string of the molecule is O=C(NC1c2ccccc2-c2ccccc21)[C@@]1(Cc2ccccc2Br)COC(c2ccc(OCCCO)cc2)=N1. The summed E-state index contributed by atoms with van der Waals surface area (Å²) in [5.74, 6) is 0.946. The van der Waals surface area contributed by atoms with Gasteiger partial charge in [0.25, 0.3) is 5.91 Å². The molecule has 0 spiro atoms. The van der Waals surface area contributed by atoms with E-state index in [9.17, 15) is 4.79 Å². The molecule has 0 aromatic heterocycles. The van der Waals surface area contributed by atoms with Gasteiger partial charge in [0.05, 0.1) is 12.6 Å². The van der Waals surface area contributed by atoms with Crippen molar-refractivity contribution in [2.75, 3.05) is 19.8 Å². The van der Waals surface area contributed by atoms with E-state index in [-0.39, 0.29) is 25.2 Å². The number of amides is 1. The van der Waals surface area contributed by atoms with Crippen LogP contribution in [0.15, 0.2) is 107 Å². The van der Waals surface area contributed by atoms with Crippen LogP contribution in [-0.2, 0) is 16.0 Å². The van der Waals surface area contributed by atoms with E-state index in [4.69, 9.17) is 19.6 Å². The fourth-order valence-corrected chi connectivity index (χ4v) is 5.79. The molecule has 6 nitrogen and oxygen atoms in total. The maximum Gasteiger partial charge on any atom is 0.252 e. The minimum Gasteiger partial charge on any atom is -0.494 e. The maximum absolute atomic E-state index is 14.3. The minimum atomic E-state index is -1.15. The Balaban J connectivity index is 1.33. The average molecular weight is 598 g/mol. The number of benzene rings is 4. The predicted octanol–water partition coefficient (Wildman–Crippen LogP) is 5.85. The predicted molar refractivity (Wildman–Crippen MR) is 159 cm³/mol. The monoisotopic (exact) mass is 596 g/mol. The van der Waals surface area contributed by atoms with Gasteiger partial charge in [-0.25, -0.2) is 4.99 Å². The molecule has 2 aliphatic rings. The molecule has 1 amide bonds. The van der Waals surface area contributed by atoms with Gasteiger partial charge >= 0.3 is 0 Å². The van der Waals surface area contributed by atoms with E-state index in [1.165, 1.54) is 0 Å². The number of ether oxygens (including phenoxy) is 2. The Morgan fingerprint density at radius 1 is 0.950 bits per heavy atom. The molecule has 1 heterocycles. The van der Waals surface area contributed by atoms with Crippen molar-refractivity contribution >= 4 is 27.7 Å². The number of rotatable bonds is 9. The summed E-state index contributed by atoms with van der Waals surface area (Å²) in [4.78, 5) is 19.3. The van der Waals surface area contributed by atoms with Gasteiger partial charge in [0.15, 0.2) is 5.54 Å². The second-order valence-corrected chi connectivity index (χ2v) is 10.9. The summed E-state index contributed by atoms with van der Waals surface area (Å²) in [5.41, 5.74) is 5.02. The number of fused-ring (bicyclic) bond motifs is 3. The van der Waals surface area contributed by atoms with Crippen molar-refractivity contribution in [1.29, 1.82) is 0 Å². The van der Waals surface area contributed by atoms with Crippen LogP contribution in [0, 0.1) is 0 Å². The van der Waals surface area contributed by atoms with Gasteiger partial charge in [-0.05, 0) is 58.1 Å². The van der Waals surface area contributed by atoms with E-state index in [0.29, 0.717) is 31.1 Å². The Labute approximate surface area is 241 Å². The van der Waals surface area contributed by atoms with Gasteiger partial charge in [-0.15, -0.1) is 0 Å². The van der Waals surface area contributed by atoms with Crippen LogP contribution in [0.5, 0.6) is 5.75 Å². The quantitative estimate of drug-likeness (QED) is 0.237. The largest absolute Gasteiger partial charge is 0.494 e. The van der Waals surface area contributed by atoms with Crippen molar-refractivity contribution in [3.63, 3.8) is 0 Å². The third-order valence-corrected chi connectivity index (χ3v) is 8.18. The molecule has 7 heteroatoms. The first-order valence-corrected chi connectivity index (χ1v) is 14.2. The molecule has 0 bridgehead atoms. The number of hydrogen-bond donors (Lipinski definition) is 2. The molecule has 4 aromatic rings. The number of aliphatic imine (C=N–C) groups is 1. The molecule has 40 heavy (non-hydrogen) atoms. The number of halogens is 1. The van der Waals surface area contributed by atoms with Gasteiger partial charge in [-0.1, -0.05) is 82.7 Å². The molecule has 0 radical (unpaired) electrons. The zero-order valence-electron chi connectivity index (χ0n) is 21.8. The van der Waals surface area contributed by atoms with Crippen molar-refractivity contribution < 1.29 is 19.4 Å². The Morgan fingerprint density at radius 3 is 2.27 bits per heavy atom. The summed E-state index contributed by atoms with van der Waals surface area (Å²) in [5, 5.41) is 12.3. The lowest BCUT2D eigenvalue weighted by Gasteiger charge is -2.26. The number of nitrogens with zero attached hydrogens (tertiary/aromatic N) is 1. The van der Waals surface area contributed by atoms with Gasteiger partial charge in [-0.2, -0.15) is 0 Å². The van der Waals surface area contributed by atoms with Gasteiger partial charge in [0.1, 0.15) is 12.4 Å². The van der Waals surface area contributed by atoms with Gasteiger partial charge in [-0.3, -0.25) is 4.79 Å². The minimum absolute atomic E-state index is 0.0857. The molecule has 1 aliphatic carbocycles. The molecule has 0 unspecified atom stereocenters. The van der Waals surface area contributed by atoms with Crippen LogP contribution in [0.1, 0.15) is 34.7 Å². The lowest BCUT2D eigenvalue weighted by Crippen LogP contribution is -2.49. The Morgan fingerprint density at radius 2 is 1.60 bits per heavy atom. The Hall–Kier alpha value is -3.94. The highest BCUT2D eigenvalue weighted by atomic mass is 79.9. The van der Waals surface area contributed by atoms with E-state index in [1.807, 2.05) is 72.8 Å². The molecular weight excluding hydrogens is 568 g/mol. The summed E-state index contributed by atoms with van der Waals surface area (Å²) >= 11 is 3.65. The molecule has 202 valence electrons. The lowest BCUT2D eigenvalue weighted by molar-refractivity contribution is -0.127. The summed E-state index contributed by atoms with van der Waals surface area (Å²) in [6.07, 6.45) is 0.947. The van der Waals surface area contributed by atoms with Crippen LogP contribution in [0.3, 0.4) is 0 Å². The lowest BCUT2D eigenvalue weighted by atomic mass is 9.90. The number of aliphatic hydroxyl groups excluding tert-OH is 1. The van der Waals surface area contributed by atoms with Crippen molar-refractivity contribution in [3.8, 4) is 16.9 Å². The van der Waals surface area contributed by atoms with Crippen LogP contribution in [-0.4, -0.2) is 42.3 Å². The average Bonchev–Trinajstić information content (AvgIpc) is 3.56. The third kappa shape index (κ3) is 5.03. The first-order chi connectivity index (χ1) is 19.6. The highest BCUT2D eigenvalue weighted by Gasteiger charge is 2.46. The molecule has 0 fully saturated rings. The number of nitrogens with one attached hydrogen (secondary N) is 1. The highest BCUT2D eigenvalue weighted by Crippen LogP contribution is 2.43. The van der Waals surface area contributed by atoms with E-state index >= 15 is 0 Å². The number of hydrogen-bond acceptors (Lipinski definition) is 5. The smallest absolute Gasteiger partial charge is 0.252 e. The molecule has 6 rings (SSSR count). The van der Waals surface area contributed by atoms with Crippen molar-refractivity contribution in [2.45, 2.75) is 24.4 Å². The van der Waals surface area contributed by atoms with Crippen molar-refractivity contribution in [1.82, 2.24) is 5.32 Å². The molecule has 1 atom stereocenters. The summed E-state index contributed by atoms with van der Waals surface area (Å²) < 4.78 is 12.7. The number of carbonyl (C=O) groups excluding carboxylic acids is 1. The van der Waals surface area contributed by atoms with Gasteiger partial charge < -0.3 is 19.9 Å². The second-order valence-electron chi connectivity index (χ2n) is 10.0. The van der Waals surface area contributed by atoms with Crippen LogP contribution < -0.4 is 10.1 Å². The molecule has 4 aromatic carbocycles. The van der Waals surface area contributed by atoms with Gasteiger partial charge in [0, 0.05) is 29.5 Å². The number of aliphatic hydroxyl groups is 1.